The number of nitrogens with one attached hydrogen (secondary N) is 1. The second kappa shape index (κ2) is 7.97. The summed E-state index contributed by atoms with van der Waals surface area (Å²) in [5.41, 5.74) is 9.10. The molecule has 0 aliphatic carbocycles. The van der Waals surface area contributed by atoms with Gasteiger partial charge in [0.15, 0.2) is 0 Å². The number of carbonyl (C=O) groups is 1. The number of aromatic nitrogens is 1. The molecule has 0 radical (unpaired) electrons. The van der Waals surface area contributed by atoms with Crippen LogP contribution >= 0.6 is 0 Å². The predicted octanol–water partition coefficient (Wildman–Crippen LogP) is 3.68. The maximum atomic E-state index is 12.2. The highest BCUT2D eigenvalue weighted by molar-refractivity contribution is 6.22. The van der Waals surface area contributed by atoms with Gasteiger partial charge < -0.3 is 20.5 Å². The van der Waals surface area contributed by atoms with Crippen LogP contribution < -0.4 is 10.6 Å². The molecule has 1 heterocycles. The van der Waals surface area contributed by atoms with Crippen molar-refractivity contribution in [3.8, 4) is 5.75 Å². The largest absolute Gasteiger partial charge is 0.507 e. The monoisotopic (exact) mass is 394 g/mol. The average Bonchev–Trinajstić information content (AvgIpc) is 3.04. The van der Waals surface area contributed by atoms with Crippen LogP contribution in [0.3, 0.4) is 0 Å². The number of aryl methyl sites for hydroxylation is 1. The van der Waals surface area contributed by atoms with Gasteiger partial charge in [0, 0.05) is 23.6 Å². The summed E-state index contributed by atoms with van der Waals surface area (Å²) < 4.78 is 1.90. The first-order chi connectivity index (χ1) is 13.7. The second-order valence-electron chi connectivity index (χ2n) is 7.38. The number of aliphatic hydroxyl groups is 1. The van der Waals surface area contributed by atoms with E-state index in [0.29, 0.717) is 12.2 Å². The van der Waals surface area contributed by atoms with E-state index in [2.05, 4.69) is 0 Å². The first-order valence-electron chi connectivity index (χ1n) is 9.46. The molecule has 0 spiro atoms. The number of aliphatic hydroxyl groups excluding tert-OH is 1. The summed E-state index contributed by atoms with van der Waals surface area (Å²) in [5.74, 6) is -0.0591. The maximum Gasteiger partial charge on any atom is 0.325 e. The van der Waals surface area contributed by atoms with Crippen LogP contribution in [0.25, 0.3) is 10.9 Å². The van der Waals surface area contributed by atoms with E-state index in [9.17, 15) is 15.0 Å². The number of amides is 2. The van der Waals surface area contributed by atoms with Crippen LogP contribution in [0.15, 0.2) is 42.6 Å². The Kier molecular flexibility index (Phi) is 5.61. The van der Waals surface area contributed by atoms with Crippen molar-refractivity contribution in [3.05, 3.63) is 59.3 Å². The molecule has 0 bridgehead atoms. The minimum Gasteiger partial charge on any atom is -0.507 e. The van der Waals surface area contributed by atoms with E-state index in [1.165, 1.54) is 0 Å². The minimum atomic E-state index is -0.810. The molecule has 7 nitrogen and oxygen atoms in total. The number of hydrogen-bond acceptors (Lipinski definition) is 4. The molecule has 3 rings (SSSR count). The third kappa shape index (κ3) is 3.82. The number of carbonyl (C=O) groups excluding carboxylic acids is 1. The molecule has 3 aromatic rings. The number of phenolic OH excluding ortho intramolecular Hbond substituents is 1. The Balaban J connectivity index is 2.07. The Bertz CT molecular complexity index is 1090. The number of nitrogens with two attached hydrogens (primary N) is 1. The molecule has 0 atom stereocenters. The lowest BCUT2D eigenvalue weighted by Crippen LogP contribution is -2.41. The number of phenols is 1. The zero-order chi connectivity index (χ0) is 21.3. The number of aromatic hydroxyl groups is 1. The molecular weight excluding hydrogens is 368 g/mol. The third-order valence-corrected chi connectivity index (χ3v) is 5.06. The smallest absolute Gasteiger partial charge is 0.325 e. The zero-order valence-electron chi connectivity index (χ0n) is 16.8. The summed E-state index contributed by atoms with van der Waals surface area (Å²) in [4.78, 5) is 13.3. The number of fused-ring (bicyclic) bond motifs is 1. The fourth-order valence-electron chi connectivity index (χ4n) is 3.64. The van der Waals surface area contributed by atoms with Gasteiger partial charge in [-0.05, 0) is 60.4 Å². The number of urea groups is 1. The molecule has 0 aliphatic heterocycles. The van der Waals surface area contributed by atoms with Gasteiger partial charge in [0.05, 0.1) is 17.9 Å². The van der Waals surface area contributed by atoms with E-state index in [4.69, 9.17) is 11.1 Å². The van der Waals surface area contributed by atoms with E-state index in [1.54, 1.807) is 24.3 Å². The normalized spacial score (nSPS) is 11.2. The topological polar surface area (TPSA) is 116 Å². The molecule has 0 fully saturated rings. The highest BCUT2D eigenvalue weighted by Crippen LogP contribution is 2.30. The third-order valence-electron chi connectivity index (χ3n) is 5.06. The van der Waals surface area contributed by atoms with Gasteiger partial charge in [0.25, 0.3) is 0 Å². The fourth-order valence-corrected chi connectivity index (χ4v) is 3.64. The van der Waals surface area contributed by atoms with Crippen LogP contribution in [0.1, 0.15) is 36.5 Å². The number of benzene rings is 2. The molecule has 0 unspecified atom stereocenters. The van der Waals surface area contributed by atoms with Crippen LogP contribution in [-0.2, 0) is 6.54 Å². The van der Waals surface area contributed by atoms with Crippen LogP contribution in [0.2, 0.25) is 0 Å². The van der Waals surface area contributed by atoms with E-state index in [-0.39, 0.29) is 29.7 Å². The van der Waals surface area contributed by atoms with Crippen molar-refractivity contribution in [2.24, 2.45) is 5.73 Å². The van der Waals surface area contributed by atoms with Gasteiger partial charge in [-0.2, -0.15) is 0 Å². The Hall–Kier alpha value is -3.32. The van der Waals surface area contributed by atoms with Gasteiger partial charge in [-0.3, -0.25) is 5.41 Å². The average molecular weight is 394 g/mol. The first-order valence-corrected chi connectivity index (χ1v) is 9.46. The lowest BCUT2D eigenvalue weighted by atomic mass is 9.94. The molecular formula is C22H26N4O3. The summed E-state index contributed by atoms with van der Waals surface area (Å²) in [6.45, 7) is 6.45. The molecule has 29 heavy (non-hydrogen) atoms. The number of anilines is 1. The first kappa shape index (κ1) is 20.4. The van der Waals surface area contributed by atoms with Crippen molar-refractivity contribution in [2.45, 2.75) is 33.2 Å². The molecule has 0 aliphatic rings. The Labute approximate surface area is 169 Å². The molecule has 0 saturated carbocycles. The fraction of sp³-hybridized carbons (Fsp3) is 0.273. The van der Waals surface area contributed by atoms with E-state index in [0.717, 1.165) is 26.9 Å². The van der Waals surface area contributed by atoms with Crippen molar-refractivity contribution in [1.82, 2.24) is 4.57 Å². The quantitative estimate of drug-likeness (QED) is 0.391. The summed E-state index contributed by atoms with van der Waals surface area (Å²) in [7, 11) is 0. The Morgan fingerprint density at radius 3 is 2.59 bits per heavy atom. The molecule has 152 valence electrons. The van der Waals surface area contributed by atoms with Gasteiger partial charge in [0.1, 0.15) is 11.6 Å². The van der Waals surface area contributed by atoms with Crippen molar-refractivity contribution < 1.29 is 15.0 Å². The standard InChI is InChI=1S/C22H26N4O3/c1-13(2)17-12-18(20(28)10-14(17)3)21(23)26(22(24)29)16-4-5-19-15(11-16)6-7-25(19)8-9-27/h4-7,10-13,23,27-28H,8-9H2,1-3H3,(H2,24,29). The number of primary amides is 1. The van der Waals surface area contributed by atoms with Crippen molar-refractivity contribution >= 4 is 28.5 Å². The van der Waals surface area contributed by atoms with E-state index in [1.807, 2.05) is 43.7 Å². The lowest BCUT2D eigenvalue weighted by molar-refractivity contribution is 0.256. The van der Waals surface area contributed by atoms with E-state index < -0.39 is 6.03 Å². The van der Waals surface area contributed by atoms with E-state index >= 15 is 0 Å². The molecule has 0 saturated heterocycles. The highest BCUT2D eigenvalue weighted by atomic mass is 16.3. The van der Waals surface area contributed by atoms with Crippen molar-refractivity contribution in [1.29, 1.82) is 5.41 Å². The molecule has 7 heteroatoms. The van der Waals surface area contributed by atoms with Crippen LogP contribution in [-0.4, -0.2) is 33.3 Å². The molecule has 2 aromatic carbocycles. The number of nitrogens with zero attached hydrogens (tertiary/aromatic N) is 2. The molecule has 1 aromatic heterocycles. The zero-order valence-corrected chi connectivity index (χ0v) is 16.8. The van der Waals surface area contributed by atoms with Crippen molar-refractivity contribution in [3.63, 3.8) is 0 Å². The SMILES string of the molecule is Cc1cc(O)c(C(=N)N(C(N)=O)c2ccc3c(ccn3CCO)c2)cc1C(C)C. The summed E-state index contributed by atoms with van der Waals surface area (Å²) in [5, 5.41) is 29.1. The van der Waals surface area contributed by atoms with Gasteiger partial charge in [-0.1, -0.05) is 13.8 Å². The summed E-state index contributed by atoms with van der Waals surface area (Å²) in [6.07, 6.45) is 1.85. The van der Waals surface area contributed by atoms with Crippen LogP contribution in [0, 0.1) is 12.3 Å². The van der Waals surface area contributed by atoms with Crippen molar-refractivity contribution in [2.75, 3.05) is 11.5 Å². The number of hydrogen-bond donors (Lipinski definition) is 4. The molecule has 5 N–H and O–H groups in total. The Morgan fingerprint density at radius 1 is 1.24 bits per heavy atom. The summed E-state index contributed by atoms with van der Waals surface area (Å²) >= 11 is 0. The number of amidine groups is 1. The summed E-state index contributed by atoms with van der Waals surface area (Å²) in [6, 6.07) is 9.69. The Morgan fingerprint density at radius 2 is 1.97 bits per heavy atom. The minimum absolute atomic E-state index is 0.0223. The maximum absolute atomic E-state index is 12.2. The number of rotatable bonds is 5. The van der Waals surface area contributed by atoms with Crippen LogP contribution in [0.4, 0.5) is 10.5 Å². The van der Waals surface area contributed by atoms with Gasteiger partial charge >= 0.3 is 6.03 Å². The van der Waals surface area contributed by atoms with Gasteiger partial charge in [-0.25, -0.2) is 9.69 Å². The predicted molar refractivity (Wildman–Crippen MR) is 115 cm³/mol. The van der Waals surface area contributed by atoms with Gasteiger partial charge in [-0.15, -0.1) is 0 Å². The second-order valence-corrected chi connectivity index (χ2v) is 7.38. The highest BCUT2D eigenvalue weighted by Gasteiger charge is 2.23. The van der Waals surface area contributed by atoms with Gasteiger partial charge in [0.2, 0.25) is 0 Å². The van der Waals surface area contributed by atoms with Crippen LogP contribution in [0.5, 0.6) is 5.75 Å². The molecule has 2 amide bonds. The lowest BCUT2D eigenvalue weighted by Gasteiger charge is -2.23.